The van der Waals surface area contributed by atoms with E-state index in [1.807, 2.05) is 0 Å². The van der Waals surface area contributed by atoms with Crippen molar-refractivity contribution in [2.24, 2.45) is 0 Å². The molecule has 0 aliphatic rings. The minimum Gasteiger partial charge on any atom is -0.354 e. The van der Waals surface area contributed by atoms with Gasteiger partial charge in [-0.1, -0.05) is 31.9 Å². The van der Waals surface area contributed by atoms with Crippen LogP contribution in [0.25, 0.3) is 0 Å². The van der Waals surface area contributed by atoms with Gasteiger partial charge < -0.3 is 5.32 Å². The highest BCUT2D eigenvalue weighted by molar-refractivity contribution is 9.14. The molecule has 0 aliphatic carbocycles. The molecule has 0 spiro atoms. The average molecular weight is 243 g/mol. The molecule has 0 aromatic rings. The van der Waals surface area contributed by atoms with Crippen LogP contribution < -0.4 is 5.32 Å². The lowest BCUT2D eigenvalue weighted by Crippen LogP contribution is -2.11. The highest BCUT2D eigenvalue weighted by atomic mass is 79.9. The van der Waals surface area contributed by atoms with Crippen molar-refractivity contribution >= 4 is 38.3 Å². The third-order valence-corrected chi connectivity index (χ3v) is 2.15. The van der Waals surface area contributed by atoms with Crippen LogP contribution in [0.5, 0.6) is 0 Å². The summed E-state index contributed by atoms with van der Waals surface area (Å²) in [7, 11) is 0. The van der Waals surface area contributed by atoms with Crippen LogP contribution in [0.4, 0.5) is 0 Å². The average Bonchev–Trinajstić information content (AvgIpc) is 1.83. The standard InChI is InChI=1S/C4H5Br2NO/c5-1-4(6)2-7-3-8/h1,3H,2H2,(H,7,8)/b4-1-. The van der Waals surface area contributed by atoms with Gasteiger partial charge in [-0.15, -0.1) is 0 Å². The Kier molecular flexibility index (Phi) is 5.42. The summed E-state index contributed by atoms with van der Waals surface area (Å²) in [5.41, 5.74) is 0. The van der Waals surface area contributed by atoms with Gasteiger partial charge in [0.15, 0.2) is 0 Å². The van der Waals surface area contributed by atoms with Crippen molar-refractivity contribution in [2.75, 3.05) is 6.54 Å². The first-order valence-electron chi connectivity index (χ1n) is 1.93. The second-order valence-corrected chi connectivity index (χ2v) is 2.53. The Morgan fingerprint density at radius 1 is 1.75 bits per heavy atom. The third-order valence-electron chi connectivity index (χ3n) is 0.473. The zero-order valence-electron chi connectivity index (χ0n) is 4.03. The van der Waals surface area contributed by atoms with E-state index in [0.717, 1.165) is 4.48 Å². The lowest BCUT2D eigenvalue weighted by molar-refractivity contribution is -0.109. The largest absolute Gasteiger partial charge is 0.354 e. The van der Waals surface area contributed by atoms with Crippen molar-refractivity contribution in [3.63, 3.8) is 0 Å². The van der Waals surface area contributed by atoms with Crippen LogP contribution >= 0.6 is 31.9 Å². The van der Waals surface area contributed by atoms with Crippen LogP contribution in [-0.4, -0.2) is 13.0 Å². The summed E-state index contributed by atoms with van der Waals surface area (Å²) in [6.45, 7) is 0.536. The maximum atomic E-state index is 9.65. The molecule has 0 aromatic carbocycles. The highest BCUT2D eigenvalue weighted by Gasteiger charge is 1.84. The van der Waals surface area contributed by atoms with Crippen molar-refractivity contribution in [1.82, 2.24) is 5.32 Å². The van der Waals surface area contributed by atoms with Gasteiger partial charge in [-0.3, -0.25) is 4.79 Å². The van der Waals surface area contributed by atoms with Crippen LogP contribution in [-0.2, 0) is 4.79 Å². The first-order chi connectivity index (χ1) is 3.81. The van der Waals surface area contributed by atoms with E-state index >= 15 is 0 Å². The smallest absolute Gasteiger partial charge is 0.207 e. The fourth-order valence-corrected chi connectivity index (χ4v) is 0.501. The predicted molar refractivity (Wildman–Crippen MR) is 40.0 cm³/mol. The molecule has 1 N–H and O–H groups in total. The molecule has 0 atom stereocenters. The minimum absolute atomic E-state index is 0.536. The number of hydrogen-bond donors (Lipinski definition) is 1. The van der Waals surface area contributed by atoms with E-state index in [1.54, 1.807) is 4.99 Å². The molecule has 4 heteroatoms. The Labute approximate surface area is 64.6 Å². The van der Waals surface area contributed by atoms with E-state index in [-0.39, 0.29) is 0 Å². The van der Waals surface area contributed by atoms with E-state index in [2.05, 4.69) is 37.2 Å². The summed E-state index contributed by atoms with van der Waals surface area (Å²) in [5, 5.41) is 2.47. The Morgan fingerprint density at radius 3 is 2.75 bits per heavy atom. The molecule has 0 fully saturated rings. The van der Waals surface area contributed by atoms with Crippen LogP contribution in [0, 0.1) is 0 Å². The van der Waals surface area contributed by atoms with E-state index in [1.165, 1.54) is 0 Å². The SMILES string of the molecule is O=CNC/C(Br)=C/Br. The molecule has 0 saturated carbocycles. The first-order valence-corrected chi connectivity index (χ1v) is 3.64. The summed E-state index contributed by atoms with van der Waals surface area (Å²) >= 11 is 6.25. The summed E-state index contributed by atoms with van der Waals surface area (Å²) in [5.74, 6) is 0. The van der Waals surface area contributed by atoms with Crippen molar-refractivity contribution in [1.29, 1.82) is 0 Å². The van der Waals surface area contributed by atoms with Gasteiger partial charge in [-0.25, -0.2) is 0 Å². The van der Waals surface area contributed by atoms with Gasteiger partial charge in [-0.2, -0.15) is 0 Å². The molecule has 8 heavy (non-hydrogen) atoms. The maximum Gasteiger partial charge on any atom is 0.207 e. The van der Waals surface area contributed by atoms with E-state index in [9.17, 15) is 4.79 Å². The summed E-state index contributed by atoms with van der Waals surface area (Å²) in [6, 6.07) is 0. The summed E-state index contributed by atoms with van der Waals surface area (Å²) < 4.78 is 0.907. The molecule has 0 rings (SSSR count). The van der Waals surface area contributed by atoms with Gasteiger partial charge in [0.05, 0.1) is 0 Å². The van der Waals surface area contributed by atoms with Crippen LogP contribution in [0.3, 0.4) is 0 Å². The fraction of sp³-hybridized carbons (Fsp3) is 0.250. The number of carbonyl (C=O) groups excluding carboxylic acids is 1. The zero-order chi connectivity index (χ0) is 6.41. The molecular weight excluding hydrogens is 238 g/mol. The van der Waals surface area contributed by atoms with Crippen LogP contribution in [0.1, 0.15) is 0 Å². The Balaban J connectivity index is 3.24. The molecular formula is C4H5Br2NO. The predicted octanol–water partition coefficient (Wildman–Crippen LogP) is 1.36. The van der Waals surface area contributed by atoms with Crippen molar-refractivity contribution in [3.05, 3.63) is 9.47 Å². The van der Waals surface area contributed by atoms with Crippen molar-refractivity contribution in [3.8, 4) is 0 Å². The van der Waals surface area contributed by atoms with Gasteiger partial charge in [-0.05, 0) is 4.99 Å². The molecule has 0 saturated heterocycles. The number of halogens is 2. The summed E-state index contributed by atoms with van der Waals surface area (Å²) in [6.07, 6.45) is 0.651. The maximum absolute atomic E-state index is 9.65. The van der Waals surface area contributed by atoms with Gasteiger partial charge in [0.25, 0.3) is 0 Å². The lowest BCUT2D eigenvalue weighted by Gasteiger charge is -1.91. The van der Waals surface area contributed by atoms with E-state index in [0.29, 0.717) is 13.0 Å². The quantitative estimate of drug-likeness (QED) is 0.745. The Hall–Kier alpha value is 0.170. The molecule has 0 aliphatic heterocycles. The van der Waals surface area contributed by atoms with Gasteiger partial charge in [0, 0.05) is 11.0 Å². The van der Waals surface area contributed by atoms with Gasteiger partial charge in [0.2, 0.25) is 6.41 Å². The van der Waals surface area contributed by atoms with Crippen LogP contribution in [0.2, 0.25) is 0 Å². The molecule has 0 radical (unpaired) electrons. The Bertz CT molecular complexity index is 102. The number of nitrogens with one attached hydrogen (secondary N) is 1. The third kappa shape index (κ3) is 4.33. The number of hydrogen-bond acceptors (Lipinski definition) is 1. The minimum atomic E-state index is 0.536. The number of rotatable bonds is 3. The second kappa shape index (κ2) is 5.31. The first kappa shape index (κ1) is 8.17. The molecule has 0 heterocycles. The molecule has 0 aromatic heterocycles. The zero-order valence-corrected chi connectivity index (χ0v) is 7.20. The highest BCUT2D eigenvalue weighted by Crippen LogP contribution is 2.04. The van der Waals surface area contributed by atoms with Crippen LogP contribution in [0.15, 0.2) is 9.47 Å². The van der Waals surface area contributed by atoms with Gasteiger partial charge >= 0.3 is 0 Å². The monoisotopic (exact) mass is 241 g/mol. The lowest BCUT2D eigenvalue weighted by atomic mass is 10.6. The van der Waals surface area contributed by atoms with Crippen molar-refractivity contribution < 1.29 is 4.79 Å². The van der Waals surface area contributed by atoms with Gasteiger partial charge in [0.1, 0.15) is 0 Å². The fourth-order valence-electron chi connectivity index (χ4n) is 0.178. The van der Waals surface area contributed by atoms with Crippen molar-refractivity contribution in [2.45, 2.75) is 0 Å². The summed E-state index contributed by atoms with van der Waals surface area (Å²) in [4.78, 5) is 11.3. The molecule has 2 nitrogen and oxygen atoms in total. The molecule has 1 amide bonds. The molecule has 0 unspecified atom stereocenters. The molecule has 46 valence electrons. The topological polar surface area (TPSA) is 29.1 Å². The normalized spacial score (nSPS) is 11.0. The van der Waals surface area contributed by atoms with E-state index < -0.39 is 0 Å². The Morgan fingerprint density at radius 2 is 2.38 bits per heavy atom. The molecule has 0 bridgehead atoms. The second-order valence-electron chi connectivity index (χ2n) is 1.05. The number of carbonyl (C=O) groups is 1. The number of amides is 1. The van der Waals surface area contributed by atoms with E-state index in [4.69, 9.17) is 0 Å².